The van der Waals surface area contributed by atoms with Gasteiger partial charge in [0.1, 0.15) is 0 Å². The lowest BCUT2D eigenvalue weighted by atomic mass is 9.93. The summed E-state index contributed by atoms with van der Waals surface area (Å²) in [6, 6.07) is 0. The Morgan fingerprint density at radius 2 is 1.60 bits per heavy atom. The molecule has 10 heavy (non-hydrogen) atoms. The molecule has 2 heteroatoms. The van der Waals surface area contributed by atoms with Gasteiger partial charge in [-0.2, -0.15) is 0 Å². The minimum Gasteiger partial charge on any atom is -0.315 e. The van der Waals surface area contributed by atoms with Crippen LogP contribution in [0.4, 0.5) is 0 Å². The highest BCUT2D eigenvalue weighted by Gasteiger charge is 2.24. The van der Waals surface area contributed by atoms with Crippen molar-refractivity contribution >= 4 is 22.6 Å². The van der Waals surface area contributed by atoms with E-state index in [0.717, 1.165) is 0 Å². The van der Waals surface area contributed by atoms with E-state index in [1.54, 1.807) is 0 Å². The maximum Gasteiger partial charge on any atom is 0.0183 e. The van der Waals surface area contributed by atoms with Gasteiger partial charge in [0, 0.05) is 8.96 Å². The average Bonchev–Trinajstić information content (AvgIpc) is 1.60. The molecule has 0 fully saturated rings. The van der Waals surface area contributed by atoms with Crippen LogP contribution in [0.1, 0.15) is 34.1 Å². The molecular formula is C8H18IN. The summed E-state index contributed by atoms with van der Waals surface area (Å²) < 4.78 is 0.393. The Bertz CT molecular complexity index is 102. The fourth-order valence-electron chi connectivity index (χ4n) is 1.14. The molecule has 0 spiro atoms. The zero-order valence-electron chi connectivity index (χ0n) is 7.59. The smallest absolute Gasteiger partial charge is 0.0183 e. The average molecular weight is 255 g/mol. The first-order chi connectivity index (χ1) is 4.27. The molecule has 0 saturated heterocycles. The van der Waals surface area contributed by atoms with Gasteiger partial charge in [0.25, 0.3) is 0 Å². The summed E-state index contributed by atoms with van der Waals surface area (Å²) in [5, 5.41) is 3.29. The molecule has 0 heterocycles. The first-order valence-corrected chi connectivity index (χ1v) is 4.72. The van der Waals surface area contributed by atoms with Crippen LogP contribution in [0.15, 0.2) is 0 Å². The van der Waals surface area contributed by atoms with E-state index in [1.165, 1.54) is 6.42 Å². The van der Waals surface area contributed by atoms with Crippen molar-refractivity contribution in [2.75, 3.05) is 7.05 Å². The summed E-state index contributed by atoms with van der Waals surface area (Å²) in [4.78, 5) is 0. The predicted octanol–water partition coefficient (Wildman–Crippen LogP) is 2.59. The summed E-state index contributed by atoms with van der Waals surface area (Å²) in [6.07, 6.45) is 1.19. The third kappa shape index (κ3) is 5.47. The third-order valence-corrected chi connectivity index (χ3v) is 1.92. The summed E-state index contributed by atoms with van der Waals surface area (Å²) in [6.45, 7) is 8.97. The van der Waals surface area contributed by atoms with Gasteiger partial charge < -0.3 is 5.32 Å². The van der Waals surface area contributed by atoms with Gasteiger partial charge in [0.2, 0.25) is 0 Å². The first-order valence-electron chi connectivity index (χ1n) is 3.65. The molecule has 0 aliphatic heterocycles. The molecule has 1 N–H and O–H groups in total. The van der Waals surface area contributed by atoms with Gasteiger partial charge in [-0.1, -0.05) is 36.4 Å². The van der Waals surface area contributed by atoms with E-state index in [-0.39, 0.29) is 5.54 Å². The number of nitrogens with one attached hydrogen (secondary N) is 1. The topological polar surface area (TPSA) is 12.0 Å². The number of halogens is 1. The van der Waals surface area contributed by atoms with Crippen molar-refractivity contribution in [1.82, 2.24) is 5.32 Å². The highest BCUT2D eigenvalue weighted by molar-refractivity contribution is 14.1. The van der Waals surface area contributed by atoms with Crippen molar-refractivity contribution in [2.24, 2.45) is 0 Å². The Morgan fingerprint density at radius 3 is 1.70 bits per heavy atom. The summed E-state index contributed by atoms with van der Waals surface area (Å²) in [5.41, 5.74) is 0.269. The minimum atomic E-state index is 0.269. The van der Waals surface area contributed by atoms with Crippen LogP contribution in [0.5, 0.6) is 0 Å². The zero-order valence-corrected chi connectivity index (χ0v) is 9.74. The van der Waals surface area contributed by atoms with Gasteiger partial charge >= 0.3 is 0 Å². The monoisotopic (exact) mass is 255 g/mol. The maximum atomic E-state index is 3.29. The summed E-state index contributed by atoms with van der Waals surface area (Å²) in [7, 11) is 2.02. The molecule has 0 unspecified atom stereocenters. The number of rotatable bonds is 3. The van der Waals surface area contributed by atoms with Crippen molar-refractivity contribution in [1.29, 1.82) is 0 Å². The van der Waals surface area contributed by atoms with Crippen LogP contribution in [0, 0.1) is 0 Å². The second-order valence-corrected chi connectivity index (χ2v) is 6.95. The van der Waals surface area contributed by atoms with Crippen molar-refractivity contribution in [3.63, 3.8) is 0 Å². The molecular weight excluding hydrogens is 237 g/mol. The normalized spacial score (nSPS) is 13.8. The number of hydrogen-bond donors (Lipinski definition) is 1. The molecule has 0 aliphatic carbocycles. The number of hydrogen-bond acceptors (Lipinski definition) is 1. The molecule has 0 rings (SSSR count). The van der Waals surface area contributed by atoms with E-state index in [4.69, 9.17) is 0 Å². The van der Waals surface area contributed by atoms with Crippen LogP contribution < -0.4 is 5.32 Å². The van der Waals surface area contributed by atoms with E-state index in [2.05, 4.69) is 55.6 Å². The van der Waals surface area contributed by atoms with E-state index >= 15 is 0 Å². The van der Waals surface area contributed by atoms with Crippen LogP contribution in [0.2, 0.25) is 0 Å². The largest absolute Gasteiger partial charge is 0.315 e. The minimum absolute atomic E-state index is 0.269. The molecule has 1 nitrogen and oxygen atoms in total. The fraction of sp³-hybridized carbons (Fsp3) is 1.00. The van der Waals surface area contributed by atoms with E-state index < -0.39 is 0 Å². The highest BCUT2D eigenvalue weighted by Crippen LogP contribution is 2.27. The van der Waals surface area contributed by atoms with Gasteiger partial charge in [0.05, 0.1) is 0 Å². The molecule has 0 bridgehead atoms. The zero-order chi connectivity index (χ0) is 8.41. The standard InChI is InChI=1S/C8H18IN/c1-7(2,9)6-8(3,4)10-5/h10H,6H2,1-5H3. The SMILES string of the molecule is CNC(C)(C)CC(C)(C)I. The Kier molecular flexibility index (Phi) is 3.62. The van der Waals surface area contributed by atoms with E-state index in [1.807, 2.05) is 7.05 Å². The molecule has 0 aromatic carbocycles. The molecule has 0 atom stereocenters. The Labute approximate surface area is 78.1 Å². The van der Waals surface area contributed by atoms with Crippen molar-refractivity contribution in [3.8, 4) is 0 Å². The van der Waals surface area contributed by atoms with Crippen LogP contribution in [-0.4, -0.2) is 16.0 Å². The summed E-state index contributed by atoms with van der Waals surface area (Å²) in [5.74, 6) is 0. The molecule has 0 saturated carbocycles. The highest BCUT2D eigenvalue weighted by atomic mass is 127. The van der Waals surface area contributed by atoms with Gasteiger partial charge in [-0.05, 0) is 27.3 Å². The lowest BCUT2D eigenvalue weighted by Crippen LogP contribution is -2.40. The Morgan fingerprint density at radius 1 is 1.20 bits per heavy atom. The van der Waals surface area contributed by atoms with Crippen LogP contribution in [0.3, 0.4) is 0 Å². The summed E-state index contributed by atoms with van der Waals surface area (Å²) >= 11 is 2.49. The lowest BCUT2D eigenvalue weighted by molar-refractivity contribution is 0.366. The molecule has 0 aromatic heterocycles. The molecule has 0 amide bonds. The Balaban J connectivity index is 3.89. The van der Waals surface area contributed by atoms with Gasteiger partial charge in [0.15, 0.2) is 0 Å². The first kappa shape index (κ1) is 10.7. The molecule has 0 aromatic rings. The third-order valence-electron chi connectivity index (χ3n) is 1.54. The fourth-order valence-corrected chi connectivity index (χ4v) is 2.09. The molecule has 0 radical (unpaired) electrons. The van der Waals surface area contributed by atoms with Crippen LogP contribution in [-0.2, 0) is 0 Å². The molecule has 62 valence electrons. The molecule has 0 aliphatic rings. The lowest BCUT2D eigenvalue weighted by Gasteiger charge is -2.30. The van der Waals surface area contributed by atoms with E-state index in [9.17, 15) is 0 Å². The van der Waals surface area contributed by atoms with Gasteiger partial charge in [-0.25, -0.2) is 0 Å². The van der Waals surface area contributed by atoms with Crippen LogP contribution in [0.25, 0.3) is 0 Å². The van der Waals surface area contributed by atoms with Crippen molar-refractivity contribution in [3.05, 3.63) is 0 Å². The van der Waals surface area contributed by atoms with Gasteiger partial charge in [-0.3, -0.25) is 0 Å². The van der Waals surface area contributed by atoms with Gasteiger partial charge in [-0.15, -0.1) is 0 Å². The maximum absolute atomic E-state index is 3.29. The van der Waals surface area contributed by atoms with E-state index in [0.29, 0.717) is 3.42 Å². The second kappa shape index (κ2) is 3.39. The van der Waals surface area contributed by atoms with Crippen molar-refractivity contribution in [2.45, 2.75) is 43.1 Å². The number of alkyl halides is 1. The van der Waals surface area contributed by atoms with Crippen molar-refractivity contribution < 1.29 is 0 Å². The quantitative estimate of drug-likeness (QED) is 0.603. The Hall–Kier alpha value is 0.690. The predicted molar refractivity (Wildman–Crippen MR) is 55.9 cm³/mol. The van der Waals surface area contributed by atoms with Crippen LogP contribution >= 0.6 is 22.6 Å². The second-order valence-electron chi connectivity index (χ2n) is 4.03.